The van der Waals surface area contributed by atoms with Crippen LogP contribution in [0.3, 0.4) is 0 Å². The largest absolute Gasteiger partial charge is 0.352 e. The maximum atomic E-state index is 13.6. The van der Waals surface area contributed by atoms with Crippen LogP contribution in [0.15, 0.2) is 42.5 Å². The number of anilines is 1. The molecule has 0 spiro atoms. The minimum absolute atomic E-state index is 0.0649. The number of halogens is 2. The highest BCUT2D eigenvalue weighted by Crippen LogP contribution is 2.28. The van der Waals surface area contributed by atoms with Gasteiger partial charge in [0.05, 0.1) is 11.9 Å². The Kier molecular flexibility index (Phi) is 9.84. The van der Waals surface area contributed by atoms with Crippen molar-refractivity contribution in [3.8, 4) is 0 Å². The average molecular weight is 557 g/mol. The summed E-state index contributed by atoms with van der Waals surface area (Å²) in [6.45, 7) is 10.8. The van der Waals surface area contributed by atoms with E-state index in [-0.39, 0.29) is 23.9 Å². The minimum atomic E-state index is -3.82. The molecular formula is C26H35Cl2N3O4S. The molecule has 2 aromatic rings. The van der Waals surface area contributed by atoms with Crippen molar-refractivity contribution in [2.45, 2.75) is 65.6 Å². The Morgan fingerprint density at radius 3 is 1.94 bits per heavy atom. The van der Waals surface area contributed by atoms with Gasteiger partial charge in [-0.05, 0) is 56.0 Å². The number of nitrogens with one attached hydrogen (secondary N) is 1. The SMILES string of the molecule is CC(C)NC(=O)[C@H](C)N(Cc1c(Cl)cccc1Cl)C(=O)CN(c1ccc(C(C)(C)C)cc1)S(C)(=O)=O. The van der Waals surface area contributed by atoms with Crippen molar-refractivity contribution >= 4 is 50.7 Å². The fourth-order valence-corrected chi connectivity index (χ4v) is 4.95. The van der Waals surface area contributed by atoms with E-state index in [1.165, 1.54) is 4.90 Å². The van der Waals surface area contributed by atoms with Gasteiger partial charge in [-0.15, -0.1) is 0 Å². The lowest BCUT2D eigenvalue weighted by Gasteiger charge is -2.32. The zero-order valence-corrected chi connectivity index (χ0v) is 24.1. The zero-order chi connectivity index (χ0) is 27.4. The van der Waals surface area contributed by atoms with E-state index in [1.807, 2.05) is 26.0 Å². The minimum Gasteiger partial charge on any atom is -0.352 e. The van der Waals surface area contributed by atoms with Gasteiger partial charge in [0.1, 0.15) is 12.6 Å². The first-order chi connectivity index (χ1) is 16.5. The highest BCUT2D eigenvalue weighted by atomic mass is 35.5. The van der Waals surface area contributed by atoms with Gasteiger partial charge in [0.25, 0.3) is 0 Å². The van der Waals surface area contributed by atoms with Gasteiger partial charge in [0, 0.05) is 28.2 Å². The third-order valence-electron chi connectivity index (χ3n) is 5.69. The van der Waals surface area contributed by atoms with E-state index in [0.717, 1.165) is 16.1 Å². The summed E-state index contributed by atoms with van der Waals surface area (Å²) in [5.41, 5.74) is 1.74. The van der Waals surface area contributed by atoms with Crippen LogP contribution in [0.4, 0.5) is 5.69 Å². The molecule has 0 aromatic heterocycles. The summed E-state index contributed by atoms with van der Waals surface area (Å²) in [7, 11) is -3.82. The molecular weight excluding hydrogens is 521 g/mol. The number of amides is 2. The monoisotopic (exact) mass is 555 g/mol. The van der Waals surface area contributed by atoms with Gasteiger partial charge < -0.3 is 10.2 Å². The Balaban J connectivity index is 2.46. The van der Waals surface area contributed by atoms with Crippen molar-refractivity contribution < 1.29 is 18.0 Å². The second-order valence-electron chi connectivity index (χ2n) is 10.1. The predicted molar refractivity (Wildman–Crippen MR) is 147 cm³/mol. The number of sulfonamides is 1. The Labute approximate surface area is 224 Å². The third-order valence-corrected chi connectivity index (χ3v) is 7.54. The van der Waals surface area contributed by atoms with Crippen LogP contribution in [0, 0.1) is 0 Å². The molecule has 0 bridgehead atoms. The lowest BCUT2D eigenvalue weighted by Crippen LogP contribution is -2.52. The van der Waals surface area contributed by atoms with Gasteiger partial charge >= 0.3 is 0 Å². The summed E-state index contributed by atoms with van der Waals surface area (Å²) in [4.78, 5) is 27.8. The summed E-state index contributed by atoms with van der Waals surface area (Å²) < 4.78 is 26.5. The van der Waals surface area contributed by atoms with E-state index in [1.54, 1.807) is 37.3 Å². The second kappa shape index (κ2) is 11.8. The maximum Gasteiger partial charge on any atom is 0.244 e. The molecule has 36 heavy (non-hydrogen) atoms. The first kappa shape index (κ1) is 29.9. The van der Waals surface area contributed by atoms with Gasteiger partial charge in [-0.1, -0.05) is 62.2 Å². The fraction of sp³-hybridized carbons (Fsp3) is 0.462. The van der Waals surface area contributed by atoms with E-state index in [2.05, 4.69) is 26.1 Å². The number of carbonyl (C=O) groups is 2. The summed E-state index contributed by atoms with van der Waals surface area (Å²) in [6.07, 6.45) is 1.04. The summed E-state index contributed by atoms with van der Waals surface area (Å²) in [5, 5.41) is 3.48. The Bertz CT molecular complexity index is 1170. The topological polar surface area (TPSA) is 86.8 Å². The lowest BCUT2D eigenvalue weighted by molar-refractivity contribution is -0.139. The van der Waals surface area contributed by atoms with Crippen molar-refractivity contribution in [3.05, 3.63) is 63.6 Å². The smallest absolute Gasteiger partial charge is 0.244 e. The molecule has 0 unspecified atom stereocenters. The van der Waals surface area contributed by atoms with E-state index in [9.17, 15) is 18.0 Å². The van der Waals surface area contributed by atoms with Gasteiger partial charge in [-0.3, -0.25) is 13.9 Å². The number of nitrogens with zero attached hydrogens (tertiary/aromatic N) is 2. The molecule has 0 aliphatic heterocycles. The normalized spacial score (nSPS) is 12.8. The van der Waals surface area contributed by atoms with Crippen molar-refractivity contribution in [2.75, 3.05) is 17.1 Å². The molecule has 10 heteroatoms. The standard InChI is InChI=1S/C26H35Cl2N3O4S/c1-17(2)29-25(33)18(3)30(15-21-22(27)9-8-10-23(21)28)24(32)16-31(36(7,34)35)20-13-11-19(12-14-20)26(4,5)6/h8-14,17-18H,15-16H2,1-7H3,(H,29,33)/t18-/m0/s1. The Morgan fingerprint density at radius 1 is 0.972 bits per heavy atom. The van der Waals surface area contributed by atoms with Crippen LogP contribution in [0.25, 0.3) is 0 Å². The first-order valence-corrected chi connectivity index (χ1v) is 14.2. The van der Waals surface area contributed by atoms with E-state index < -0.39 is 28.5 Å². The van der Waals surface area contributed by atoms with Crippen LogP contribution in [0.5, 0.6) is 0 Å². The molecule has 0 aliphatic rings. The molecule has 1 N–H and O–H groups in total. The zero-order valence-electron chi connectivity index (χ0n) is 21.8. The molecule has 2 amide bonds. The van der Waals surface area contributed by atoms with E-state index in [4.69, 9.17) is 23.2 Å². The summed E-state index contributed by atoms with van der Waals surface area (Å²) in [5.74, 6) is -0.940. The van der Waals surface area contributed by atoms with E-state index >= 15 is 0 Å². The summed E-state index contributed by atoms with van der Waals surface area (Å²) >= 11 is 12.7. The van der Waals surface area contributed by atoms with Crippen LogP contribution in [-0.4, -0.2) is 50.0 Å². The molecule has 0 saturated heterocycles. The first-order valence-electron chi connectivity index (χ1n) is 11.6. The van der Waals surface area contributed by atoms with Crippen LogP contribution in [-0.2, 0) is 31.6 Å². The van der Waals surface area contributed by atoms with Crippen LogP contribution in [0.2, 0.25) is 10.0 Å². The van der Waals surface area contributed by atoms with Crippen molar-refractivity contribution in [3.63, 3.8) is 0 Å². The number of hydrogen-bond acceptors (Lipinski definition) is 4. The van der Waals surface area contributed by atoms with Crippen LogP contribution < -0.4 is 9.62 Å². The molecule has 0 aliphatic carbocycles. The molecule has 198 valence electrons. The average Bonchev–Trinajstić information content (AvgIpc) is 2.75. The van der Waals surface area contributed by atoms with Crippen molar-refractivity contribution in [2.24, 2.45) is 0 Å². The number of hydrogen-bond donors (Lipinski definition) is 1. The molecule has 7 nitrogen and oxygen atoms in total. The van der Waals surface area contributed by atoms with Crippen LogP contribution >= 0.6 is 23.2 Å². The molecule has 0 fully saturated rings. The molecule has 1 atom stereocenters. The molecule has 2 rings (SSSR count). The molecule has 0 saturated carbocycles. The number of carbonyl (C=O) groups excluding carboxylic acids is 2. The quantitative estimate of drug-likeness (QED) is 0.471. The third kappa shape index (κ3) is 7.85. The summed E-state index contributed by atoms with van der Waals surface area (Å²) in [6, 6.07) is 11.0. The molecule has 0 heterocycles. The van der Waals surface area contributed by atoms with Gasteiger partial charge in [-0.25, -0.2) is 8.42 Å². The van der Waals surface area contributed by atoms with Crippen molar-refractivity contribution in [1.82, 2.24) is 10.2 Å². The maximum absolute atomic E-state index is 13.6. The highest BCUT2D eigenvalue weighted by molar-refractivity contribution is 7.92. The second-order valence-corrected chi connectivity index (χ2v) is 12.8. The number of rotatable bonds is 9. The predicted octanol–water partition coefficient (Wildman–Crippen LogP) is 5.00. The van der Waals surface area contributed by atoms with Crippen molar-refractivity contribution in [1.29, 1.82) is 0 Å². The Morgan fingerprint density at radius 2 is 1.50 bits per heavy atom. The van der Waals surface area contributed by atoms with Crippen LogP contribution in [0.1, 0.15) is 52.7 Å². The van der Waals surface area contributed by atoms with Gasteiger partial charge in [-0.2, -0.15) is 0 Å². The fourth-order valence-electron chi connectivity index (χ4n) is 3.58. The van der Waals surface area contributed by atoms with E-state index in [0.29, 0.717) is 21.3 Å². The Hall–Kier alpha value is -2.29. The number of benzene rings is 2. The van der Waals surface area contributed by atoms with Gasteiger partial charge in [0.2, 0.25) is 21.8 Å². The highest BCUT2D eigenvalue weighted by Gasteiger charge is 2.31. The van der Waals surface area contributed by atoms with Gasteiger partial charge in [0.15, 0.2) is 0 Å². The lowest BCUT2D eigenvalue weighted by atomic mass is 9.87. The molecule has 2 aromatic carbocycles. The molecule has 0 radical (unpaired) electrons.